The van der Waals surface area contributed by atoms with Crippen LogP contribution >= 0.6 is 11.6 Å². The third-order valence-electron chi connectivity index (χ3n) is 3.88. The quantitative estimate of drug-likeness (QED) is 0.766. The van der Waals surface area contributed by atoms with Gasteiger partial charge in [-0.05, 0) is 31.2 Å². The first kappa shape index (κ1) is 20.5. The van der Waals surface area contributed by atoms with Crippen LogP contribution in [0.4, 0.5) is 5.69 Å². The summed E-state index contributed by atoms with van der Waals surface area (Å²) in [6.07, 6.45) is 0.0878. The molecule has 2 aromatic rings. The molecule has 0 fully saturated rings. The number of carbonyl (C=O) groups excluding carboxylic acids is 3. The van der Waals surface area contributed by atoms with Gasteiger partial charge in [0.1, 0.15) is 0 Å². The van der Waals surface area contributed by atoms with E-state index in [2.05, 4.69) is 10.6 Å². The van der Waals surface area contributed by atoms with E-state index in [0.717, 1.165) is 5.56 Å². The number of hydrogen-bond acceptors (Lipinski definition) is 3. The lowest BCUT2D eigenvalue weighted by molar-refractivity contribution is -0.133. The maximum absolute atomic E-state index is 12.1. The van der Waals surface area contributed by atoms with E-state index >= 15 is 0 Å². The molecule has 0 spiro atoms. The number of rotatable bonds is 7. The van der Waals surface area contributed by atoms with E-state index in [-0.39, 0.29) is 37.2 Å². The van der Waals surface area contributed by atoms with Gasteiger partial charge in [-0.3, -0.25) is 14.4 Å². The number of amides is 3. The van der Waals surface area contributed by atoms with Crippen molar-refractivity contribution >= 4 is 35.0 Å². The molecule has 0 aromatic heterocycles. The molecule has 3 amide bonds. The minimum absolute atomic E-state index is 0.0643. The van der Waals surface area contributed by atoms with Gasteiger partial charge in [0.05, 0.1) is 17.1 Å². The Balaban J connectivity index is 1.75. The second-order valence-corrected chi connectivity index (χ2v) is 6.56. The Morgan fingerprint density at radius 1 is 1.04 bits per heavy atom. The SMILES string of the molecule is Cc1ccc(NC(=O)CN(C)C(=O)CCNC(=O)c2ccccc2Cl)cc1. The zero-order chi connectivity index (χ0) is 19.8. The fourth-order valence-electron chi connectivity index (χ4n) is 2.36. The van der Waals surface area contributed by atoms with Gasteiger partial charge in [-0.15, -0.1) is 0 Å². The molecule has 6 nitrogen and oxygen atoms in total. The largest absolute Gasteiger partial charge is 0.351 e. The zero-order valence-corrected chi connectivity index (χ0v) is 16.0. The molecule has 0 aliphatic carbocycles. The summed E-state index contributed by atoms with van der Waals surface area (Å²) in [5.41, 5.74) is 2.13. The summed E-state index contributed by atoms with van der Waals surface area (Å²) >= 11 is 5.96. The van der Waals surface area contributed by atoms with Crippen LogP contribution in [0.3, 0.4) is 0 Å². The molecule has 27 heavy (non-hydrogen) atoms. The Morgan fingerprint density at radius 3 is 2.37 bits per heavy atom. The molecule has 2 rings (SSSR count). The number of nitrogens with one attached hydrogen (secondary N) is 2. The van der Waals surface area contributed by atoms with Crippen LogP contribution in [0.25, 0.3) is 0 Å². The molecule has 142 valence electrons. The Labute approximate surface area is 163 Å². The lowest BCUT2D eigenvalue weighted by atomic mass is 10.2. The molecule has 0 unspecified atom stereocenters. The van der Waals surface area contributed by atoms with Crippen molar-refractivity contribution in [1.29, 1.82) is 0 Å². The van der Waals surface area contributed by atoms with Gasteiger partial charge in [0.25, 0.3) is 5.91 Å². The molecule has 0 bridgehead atoms. The first-order chi connectivity index (χ1) is 12.9. The molecule has 7 heteroatoms. The second-order valence-electron chi connectivity index (χ2n) is 6.15. The molecule has 0 atom stereocenters. The lowest BCUT2D eigenvalue weighted by Gasteiger charge is -2.17. The fourth-order valence-corrected chi connectivity index (χ4v) is 2.58. The van der Waals surface area contributed by atoms with Crippen LogP contribution in [0, 0.1) is 6.92 Å². The van der Waals surface area contributed by atoms with Crippen LogP contribution in [0.15, 0.2) is 48.5 Å². The minimum Gasteiger partial charge on any atom is -0.351 e. The molecule has 0 radical (unpaired) electrons. The van der Waals surface area contributed by atoms with Gasteiger partial charge in [-0.2, -0.15) is 0 Å². The maximum atomic E-state index is 12.1. The highest BCUT2D eigenvalue weighted by atomic mass is 35.5. The van der Waals surface area contributed by atoms with Gasteiger partial charge in [0.2, 0.25) is 11.8 Å². The third kappa shape index (κ3) is 6.42. The van der Waals surface area contributed by atoms with Crippen LogP contribution in [0.1, 0.15) is 22.3 Å². The smallest absolute Gasteiger partial charge is 0.252 e. The van der Waals surface area contributed by atoms with E-state index in [0.29, 0.717) is 16.3 Å². The van der Waals surface area contributed by atoms with Gasteiger partial charge in [0, 0.05) is 25.7 Å². The number of halogens is 1. The highest BCUT2D eigenvalue weighted by molar-refractivity contribution is 6.33. The second kappa shape index (κ2) is 9.73. The summed E-state index contributed by atoms with van der Waals surface area (Å²) in [7, 11) is 1.55. The predicted octanol–water partition coefficient (Wildman–Crippen LogP) is 2.87. The first-order valence-electron chi connectivity index (χ1n) is 8.50. The topological polar surface area (TPSA) is 78.5 Å². The Bertz CT molecular complexity index is 821. The van der Waals surface area contributed by atoms with Crippen molar-refractivity contribution in [1.82, 2.24) is 10.2 Å². The fraction of sp³-hybridized carbons (Fsp3) is 0.250. The molecular weight excluding hydrogens is 366 g/mol. The molecule has 0 heterocycles. The summed E-state index contributed by atoms with van der Waals surface area (Å²) in [5, 5.41) is 5.75. The normalized spacial score (nSPS) is 10.2. The van der Waals surface area contributed by atoms with Crippen LogP contribution in [0.5, 0.6) is 0 Å². The molecule has 0 saturated carbocycles. The number of anilines is 1. The van der Waals surface area contributed by atoms with Gasteiger partial charge >= 0.3 is 0 Å². The predicted molar refractivity (Wildman–Crippen MR) is 106 cm³/mol. The molecule has 2 N–H and O–H groups in total. The van der Waals surface area contributed by atoms with Gasteiger partial charge in [-0.25, -0.2) is 0 Å². The first-order valence-corrected chi connectivity index (χ1v) is 8.88. The molecule has 0 saturated heterocycles. The van der Waals surface area contributed by atoms with Crippen molar-refractivity contribution < 1.29 is 14.4 Å². The summed E-state index contributed by atoms with van der Waals surface area (Å²) < 4.78 is 0. The molecular formula is C20H22ClN3O3. The highest BCUT2D eigenvalue weighted by Crippen LogP contribution is 2.14. The third-order valence-corrected chi connectivity index (χ3v) is 4.21. The standard InChI is InChI=1S/C20H22ClN3O3/c1-14-7-9-15(10-8-14)23-18(25)13-24(2)19(26)11-12-22-20(27)16-5-3-4-6-17(16)21/h3-10H,11-13H2,1-2H3,(H,22,27)(H,23,25). The zero-order valence-electron chi connectivity index (χ0n) is 15.3. The number of nitrogens with zero attached hydrogens (tertiary/aromatic N) is 1. The lowest BCUT2D eigenvalue weighted by Crippen LogP contribution is -2.37. The van der Waals surface area contributed by atoms with E-state index in [1.807, 2.05) is 19.1 Å². The minimum atomic E-state index is -0.340. The number of hydrogen-bond donors (Lipinski definition) is 2. The molecule has 0 aliphatic heterocycles. The number of likely N-dealkylation sites (N-methyl/N-ethyl adjacent to an activating group) is 1. The van der Waals surface area contributed by atoms with Crippen molar-refractivity contribution in [3.8, 4) is 0 Å². The summed E-state index contributed by atoms with van der Waals surface area (Å²) in [4.78, 5) is 37.5. The van der Waals surface area contributed by atoms with Crippen molar-refractivity contribution in [2.75, 3.05) is 25.5 Å². The van der Waals surface area contributed by atoms with Crippen molar-refractivity contribution in [2.24, 2.45) is 0 Å². The van der Waals surface area contributed by atoms with Crippen LogP contribution in [-0.4, -0.2) is 42.8 Å². The van der Waals surface area contributed by atoms with E-state index in [1.165, 1.54) is 4.90 Å². The summed E-state index contributed by atoms with van der Waals surface area (Å²) in [6, 6.07) is 14.1. The van der Waals surface area contributed by atoms with E-state index in [1.54, 1.807) is 43.4 Å². The van der Waals surface area contributed by atoms with Gasteiger partial charge in [0.15, 0.2) is 0 Å². The number of aryl methyl sites for hydroxylation is 1. The molecule has 0 aliphatic rings. The highest BCUT2D eigenvalue weighted by Gasteiger charge is 2.14. The average molecular weight is 388 g/mol. The van der Waals surface area contributed by atoms with E-state index in [4.69, 9.17) is 11.6 Å². The van der Waals surface area contributed by atoms with Crippen LogP contribution in [0.2, 0.25) is 5.02 Å². The van der Waals surface area contributed by atoms with Crippen molar-refractivity contribution in [2.45, 2.75) is 13.3 Å². The van der Waals surface area contributed by atoms with Crippen molar-refractivity contribution in [3.05, 3.63) is 64.7 Å². The maximum Gasteiger partial charge on any atom is 0.252 e. The summed E-state index contributed by atoms with van der Waals surface area (Å²) in [5.74, 6) is -0.864. The number of benzene rings is 2. The molecule has 2 aromatic carbocycles. The Kier molecular flexibility index (Phi) is 7.37. The van der Waals surface area contributed by atoms with Crippen molar-refractivity contribution in [3.63, 3.8) is 0 Å². The summed E-state index contributed by atoms with van der Waals surface area (Å²) in [6.45, 7) is 2.06. The Hall–Kier alpha value is -2.86. The van der Waals surface area contributed by atoms with Gasteiger partial charge in [-0.1, -0.05) is 41.4 Å². The van der Waals surface area contributed by atoms with Gasteiger partial charge < -0.3 is 15.5 Å². The van der Waals surface area contributed by atoms with Crippen LogP contribution in [-0.2, 0) is 9.59 Å². The van der Waals surface area contributed by atoms with E-state index in [9.17, 15) is 14.4 Å². The monoisotopic (exact) mass is 387 g/mol. The van der Waals surface area contributed by atoms with E-state index < -0.39 is 0 Å². The number of carbonyl (C=O) groups is 3. The Morgan fingerprint density at radius 2 is 1.70 bits per heavy atom. The van der Waals surface area contributed by atoms with Crippen LogP contribution < -0.4 is 10.6 Å². The average Bonchev–Trinajstić information content (AvgIpc) is 2.63.